The molecule has 1 heterocycles. The second kappa shape index (κ2) is 14.4. The number of hydrogen-bond donors (Lipinski definition) is 5. The van der Waals surface area contributed by atoms with Crippen LogP contribution in [0.3, 0.4) is 0 Å². The lowest BCUT2D eigenvalue weighted by Gasteiger charge is -2.20. The third-order valence-corrected chi connectivity index (χ3v) is 7.55. The molecule has 0 spiro atoms. The lowest BCUT2D eigenvalue weighted by Crippen LogP contribution is -2.22. The number of carboxylic acids is 1. The molecule has 0 radical (unpaired) electrons. The molecule has 0 unspecified atom stereocenters. The first kappa shape index (κ1) is 32.6. The Bertz CT molecular complexity index is 1560. The number of rotatable bonds is 13. The molecule has 0 fully saturated rings. The van der Waals surface area contributed by atoms with E-state index < -0.39 is 36.5 Å². The van der Waals surface area contributed by atoms with Crippen LogP contribution in [0.1, 0.15) is 73.7 Å². The monoisotopic (exact) mass is 602 g/mol. The van der Waals surface area contributed by atoms with Crippen LogP contribution in [0, 0.1) is 5.82 Å². The van der Waals surface area contributed by atoms with Crippen LogP contribution < -0.4 is 5.32 Å². The summed E-state index contributed by atoms with van der Waals surface area (Å²) in [5.74, 6) is -2.06. The number of aliphatic carboxylic acids is 1. The van der Waals surface area contributed by atoms with Crippen LogP contribution in [0.25, 0.3) is 22.4 Å². The molecular weight excluding hydrogens is 563 g/mol. The van der Waals surface area contributed by atoms with Crippen molar-refractivity contribution in [3.63, 3.8) is 0 Å². The number of hydrogen-bond acceptors (Lipinski definition) is 5. The van der Waals surface area contributed by atoms with E-state index in [0.29, 0.717) is 39.3 Å². The molecule has 0 aliphatic heterocycles. The third kappa shape index (κ3) is 7.79. The average Bonchev–Trinajstić information content (AvgIpc) is 3.32. The number of nitrogens with zero attached hydrogens (tertiary/aromatic N) is 1. The van der Waals surface area contributed by atoms with Crippen LogP contribution in [-0.4, -0.2) is 49.1 Å². The molecule has 0 saturated carbocycles. The van der Waals surface area contributed by atoms with Crippen molar-refractivity contribution in [3.05, 3.63) is 102 Å². The van der Waals surface area contributed by atoms with Crippen molar-refractivity contribution >= 4 is 17.6 Å². The zero-order valence-electron chi connectivity index (χ0n) is 25.1. The zero-order valence-corrected chi connectivity index (χ0v) is 25.1. The molecule has 8 nitrogen and oxygen atoms in total. The standard InChI is InChI=1S/C35H39FN2O6/c1-21(2)33-32(35(44)37-27-15-11-23(12-16-27)22(3)39)31(24-7-5-4-6-8-24)34(25-9-13-26(36)14-10-25)38(33)18-17-28(40)19-29(41)20-30(42)43/h4-16,21-22,28-29,39-41H,17-20H2,1-3H3,(H,37,44)(H,42,43)/t22-,28-,29-/m1/s1. The summed E-state index contributed by atoms with van der Waals surface area (Å²) in [4.78, 5) is 25.2. The number of anilines is 1. The van der Waals surface area contributed by atoms with E-state index in [9.17, 15) is 29.3 Å². The number of aromatic nitrogens is 1. The lowest BCUT2D eigenvalue weighted by atomic mass is 9.94. The first-order valence-corrected chi connectivity index (χ1v) is 14.7. The number of carboxylic acid groups (broad SMARTS) is 1. The molecule has 4 rings (SSSR count). The van der Waals surface area contributed by atoms with E-state index in [2.05, 4.69) is 5.32 Å². The van der Waals surface area contributed by atoms with E-state index >= 15 is 0 Å². The fourth-order valence-electron chi connectivity index (χ4n) is 5.53. The molecule has 0 saturated heterocycles. The fraction of sp³-hybridized carbons (Fsp3) is 0.314. The fourth-order valence-corrected chi connectivity index (χ4v) is 5.53. The molecule has 1 amide bonds. The zero-order chi connectivity index (χ0) is 32.0. The maximum Gasteiger partial charge on any atom is 0.305 e. The molecule has 4 aromatic rings. The number of nitrogens with one attached hydrogen (secondary N) is 1. The van der Waals surface area contributed by atoms with Crippen LogP contribution in [0.2, 0.25) is 0 Å². The summed E-state index contributed by atoms with van der Waals surface area (Å²) in [6.45, 7) is 5.85. The number of amides is 1. The molecule has 5 N–H and O–H groups in total. The highest BCUT2D eigenvalue weighted by atomic mass is 19.1. The van der Waals surface area contributed by atoms with Crippen molar-refractivity contribution in [3.8, 4) is 22.4 Å². The minimum absolute atomic E-state index is 0.113. The molecular formula is C35H39FN2O6. The van der Waals surface area contributed by atoms with Crippen LogP contribution in [0.4, 0.5) is 10.1 Å². The number of carbonyl (C=O) groups excluding carboxylic acids is 1. The Hall–Kier alpha value is -4.31. The Morgan fingerprint density at radius 1 is 0.841 bits per heavy atom. The summed E-state index contributed by atoms with van der Waals surface area (Å²) in [6.07, 6.45) is -3.26. The summed E-state index contributed by atoms with van der Waals surface area (Å²) >= 11 is 0. The summed E-state index contributed by atoms with van der Waals surface area (Å²) in [7, 11) is 0. The SMILES string of the molecule is CC(C)c1c(C(=O)Nc2ccc([C@@H](C)O)cc2)c(-c2ccccc2)c(-c2ccc(F)cc2)n1CC[C@@H](O)C[C@@H](O)CC(=O)O. The summed E-state index contributed by atoms with van der Waals surface area (Å²) < 4.78 is 16.0. The van der Waals surface area contributed by atoms with Gasteiger partial charge in [-0.05, 0) is 78.8 Å². The van der Waals surface area contributed by atoms with E-state index in [1.165, 1.54) is 12.1 Å². The smallest absolute Gasteiger partial charge is 0.305 e. The highest BCUT2D eigenvalue weighted by Gasteiger charge is 2.31. The van der Waals surface area contributed by atoms with E-state index in [0.717, 1.165) is 5.56 Å². The van der Waals surface area contributed by atoms with E-state index in [1.54, 1.807) is 43.3 Å². The molecule has 0 aliphatic rings. The van der Waals surface area contributed by atoms with Crippen molar-refractivity contribution in [2.45, 2.75) is 70.8 Å². The van der Waals surface area contributed by atoms with E-state index in [-0.39, 0.29) is 31.2 Å². The van der Waals surface area contributed by atoms with Gasteiger partial charge in [-0.3, -0.25) is 9.59 Å². The van der Waals surface area contributed by atoms with Gasteiger partial charge in [0.25, 0.3) is 5.91 Å². The molecule has 9 heteroatoms. The predicted molar refractivity (Wildman–Crippen MR) is 168 cm³/mol. The number of aliphatic hydroxyl groups is 3. The second-order valence-electron chi connectivity index (χ2n) is 11.3. The summed E-state index contributed by atoms with van der Waals surface area (Å²) in [5, 5.41) is 42.8. The Labute approximate surface area is 256 Å². The van der Waals surface area contributed by atoms with E-state index in [4.69, 9.17) is 5.11 Å². The molecule has 0 aliphatic carbocycles. The molecule has 3 aromatic carbocycles. The van der Waals surface area contributed by atoms with Gasteiger partial charge >= 0.3 is 5.97 Å². The third-order valence-electron chi connectivity index (χ3n) is 7.55. The Morgan fingerprint density at radius 3 is 2.05 bits per heavy atom. The van der Waals surface area contributed by atoms with Gasteiger partial charge in [0, 0.05) is 23.5 Å². The number of aliphatic hydroxyl groups excluding tert-OH is 3. The van der Waals surface area contributed by atoms with Gasteiger partial charge in [-0.15, -0.1) is 0 Å². The predicted octanol–water partition coefficient (Wildman–Crippen LogP) is 6.37. The molecule has 3 atom stereocenters. The average molecular weight is 603 g/mol. The van der Waals surface area contributed by atoms with Gasteiger partial charge in [0.15, 0.2) is 0 Å². The molecule has 44 heavy (non-hydrogen) atoms. The number of carbonyl (C=O) groups is 2. The second-order valence-corrected chi connectivity index (χ2v) is 11.3. The van der Waals surface area contributed by atoms with Crippen LogP contribution in [0.15, 0.2) is 78.9 Å². The Morgan fingerprint density at radius 2 is 1.48 bits per heavy atom. The lowest BCUT2D eigenvalue weighted by molar-refractivity contribution is -0.139. The largest absolute Gasteiger partial charge is 0.481 e. The maximum atomic E-state index is 14.2. The summed E-state index contributed by atoms with van der Waals surface area (Å²) in [6, 6.07) is 22.4. The van der Waals surface area contributed by atoms with Gasteiger partial charge in [0.2, 0.25) is 0 Å². The van der Waals surface area contributed by atoms with Crippen LogP contribution in [-0.2, 0) is 11.3 Å². The molecule has 232 valence electrons. The summed E-state index contributed by atoms with van der Waals surface area (Å²) in [5.41, 5.74) is 5.18. The Balaban J connectivity index is 1.87. The maximum absolute atomic E-state index is 14.2. The minimum atomic E-state index is -1.20. The number of benzene rings is 3. The Kier molecular flexibility index (Phi) is 10.7. The van der Waals surface area contributed by atoms with E-state index in [1.807, 2.05) is 48.7 Å². The number of halogens is 1. The van der Waals surface area contributed by atoms with Crippen molar-refractivity contribution in [1.82, 2.24) is 4.57 Å². The minimum Gasteiger partial charge on any atom is -0.481 e. The van der Waals surface area contributed by atoms with Crippen molar-refractivity contribution in [2.75, 3.05) is 5.32 Å². The van der Waals surface area contributed by atoms with Gasteiger partial charge in [0.1, 0.15) is 5.82 Å². The highest BCUT2D eigenvalue weighted by Crippen LogP contribution is 2.42. The first-order valence-electron chi connectivity index (χ1n) is 14.7. The first-order chi connectivity index (χ1) is 21.0. The van der Waals surface area contributed by atoms with Crippen LogP contribution >= 0.6 is 0 Å². The quantitative estimate of drug-likeness (QED) is 0.121. The highest BCUT2D eigenvalue weighted by molar-refractivity contribution is 6.12. The van der Waals surface area contributed by atoms with Crippen molar-refractivity contribution < 1.29 is 34.4 Å². The van der Waals surface area contributed by atoms with Crippen LogP contribution in [0.5, 0.6) is 0 Å². The normalized spacial score (nSPS) is 13.5. The molecule has 1 aromatic heterocycles. The van der Waals surface area contributed by atoms with Gasteiger partial charge in [-0.25, -0.2) is 4.39 Å². The van der Waals surface area contributed by atoms with Crippen molar-refractivity contribution in [2.24, 2.45) is 0 Å². The van der Waals surface area contributed by atoms with Gasteiger partial charge < -0.3 is 30.3 Å². The van der Waals surface area contributed by atoms with Gasteiger partial charge in [0.05, 0.1) is 36.0 Å². The topological polar surface area (TPSA) is 132 Å². The van der Waals surface area contributed by atoms with Gasteiger partial charge in [-0.2, -0.15) is 0 Å². The van der Waals surface area contributed by atoms with Gasteiger partial charge in [-0.1, -0.05) is 56.3 Å². The molecule has 0 bridgehead atoms. The van der Waals surface area contributed by atoms with Crippen molar-refractivity contribution in [1.29, 1.82) is 0 Å².